The molecular weight excluding hydrogens is 454 g/mol. The highest BCUT2D eigenvalue weighted by Crippen LogP contribution is 2.42. The van der Waals surface area contributed by atoms with Crippen molar-refractivity contribution in [3.63, 3.8) is 0 Å². The lowest BCUT2D eigenvalue weighted by atomic mass is 9.93. The zero-order chi connectivity index (χ0) is 23.2. The molecule has 4 rings (SSSR count). The molecule has 3 unspecified atom stereocenters. The predicted molar refractivity (Wildman–Crippen MR) is 137 cm³/mol. The summed E-state index contributed by atoms with van der Waals surface area (Å²) in [6.45, 7) is 6.50. The molecule has 1 saturated carbocycles. The van der Waals surface area contributed by atoms with Crippen molar-refractivity contribution in [3.8, 4) is 0 Å². The maximum Gasteiger partial charge on any atom is 0.261 e. The van der Waals surface area contributed by atoms with Crippen LogP contribution in [0.4, 0.5) is 0 Å². The maximum absolute atomic E-state index is 13.4. The summed E-state index contributed by atoms with van der Waals surface area (Å²) in [6, 6.07) is 7.68. The van der Waals surface area contributed by atoms with E-state index in [9.17, 15) is 9.59 Å². The highest BCUT2D eigenvalue weighted by Gasteiger charge is 2.41. The second-order valence-corrected chi connectivity index (χ2v) is 11.5. The van der Waals surface area contributed by atoms with Crippen molar-refractivity contribution in [2.75, 3.05) is 32.7 Å². The van der Waals surface area contributed by atoms with Crippen LogP contribution in [0, 0.1) is 5.92 Å². The maximum atomic E-state index is 13.4. The van der Waals surface area contributed by atoms with Crippen LogP contribution in [0.5, 0.6) is 0 Å². The van der Waals surface area contributed by atoms with Crippen molar-refractivity contribution in [1.29, 1.82) is 0 Å². The summed E-state index contributed by atoms with van der Waals surface area (Å²) in [5, 5.41) is 4.11. The monoisotopic (exact) mass is 489 g/mol. The zero-order valence-corrected chi connectivity index (χ0v) is 21.2. The Morgan fingerprint density at radius 2 is 1.97 bits per heavy atom. The van der Waals surface area contributed by atoms with Crippen LogP contribution >= 0.6 is 23.4 Å². The molecular formula is C26H36ClN3O2S. The second-order valence-electron chi connectivity index (χ2n) is 9.75. The summed E-state index contributed by atoms with van der Waals surface area (Å²) in [4.78, 5) is 31.2. The molecule has 180 valence electrons. The molecule has 1 N–H and O–H groups in total. The number of likely N-dealkylation sites (tertiary alicyclic amines) is 1. The third kappa shape index (κ3) is 6.77. The standard InChI is InChI=1S/C26H36ClN3O2S/c1-19-6-4-14-29(17-19)15-5-13-28-25(31)18-30-22-7-2-3-8-23(22)33-24(26(30)32)16-20-9-11-21(27)12-10-20/h9-12,16,19,22-23H,2-8,13-15,17-18H2,1H3,(H,28,31)/b24-16+. The van der Waals surface area contributed by atoms with Gasteiger partial charge in [-0.15, -0.1) is 11.8 Å². The van der Waals surface area contributed by atoms with Crippen molar-refractivity contribution in [2.24, 2.45) is 5.92 Å². The Hall–Kier alpha value is -1.50. The molecule has 7 heteroatoms. The molecule has 3 fully saturated rings. The molecule has 0 aromatic heterocycles. The lowest BCUT2D eigenvalue weighted by Gasteiger charge is -2.43. The van der Waals surface area contributed by atoms with E-state index < -0.39 is 0 Å². The number of carbonyl (C=O) groups excluding carboxylic acids is 2. The molecule has 0 bridgehead atoms. The molecule has 2 amide bonds. The topological polar surface area (TPSA) is 52.7 Å². The highest BCUT2D eigenvalue weighted by molar-refractivity contribution is 8.04. The fourth-order valence-corrected chi connectivity index (χ4v) is 6.90. The largest absolute Gasteiger partial charge is 0.355 e. The summed E-state index contributed by atoms with van der Waals surface area (Å²) in [5.74, 6) is 0.711. The van der Waals surface area contributed by atoms with Crippen LogP contribution in [-0.4, -0.2) is 65.6 Å². The van der Waals surface area contributed by atoms with Gasteiger partial charge in [-0.2, -0.15) is 0 Å². The predicted octanol–water partition coefficient (Wildman–Crippen LogP) is 4.81. The first-order chi connectivity index (χ1) is 16.0. The summed E-state index contributed by atoms with van der Waals surface area (Å²) >= 11 is 7.70. The number of amides is 2. The molecule has 1 aliphatic carbocycles. The van der Waals surface area contributed by atoms with Crippen LogP contribution < -0.4 is 5.32 Å². The molecule has 2 saturated heterocycles. The first-order valence-electron chi connectivity index (χ1n) is 12.4. The molecule has 0 radical (unpaired) electrons. The van der Waals surface area contributed by atoms with Gasteiger partial charge in [0.1, 0.15) is 6.54 Å². The van der Waals surface area contributed by atoms with Gasteiger partial charge >= 0.3 is 0 Å². The highest BCUT2D eigenvalue weighted by atomic mass is 35.5. The number of thioether (sulfide) groups is 1. The lowest BCUT2D eigenvalue weighted by molar-refractivity contribution is -0.135. The molecule has 33 heavy (non-hydrogen) atoms. The third-order valence-corrected chi connectivity index (χ3v) is 8.67. The van der Waals surface area contributed by atoms with Crippen LogP contribution in [-0.2, 0) is 9.59 Å². The van der Waals surface area contributed by atoms with E-state index in [0.29, 0.717) is 16.8 Å². The van der Waals surface area contributed by atoms with E-state index in [1.807, 2.05) is 35.2 Å². The van der Waals surface area contributed by atoms with Crippen molar-refractivity contribution >= 4 is 41.3 Å². The average Bonchev–Trinajstić information content (AvgIpc) is 2.81. The Labute approximate surface area is 207 Å². The minimum absolute atomic E-state index is 0.0180. The van der Waals surface area contributed by atoms with Gasteiger partial charge in [0, 0.05) is 29.4 Å². The van der Waals surface area contributed by atoms with Gasteiger partial charge in [-0.25, -0.2) is 0 Å². The van der Waals surface area contributed by atoms with Crippen molar-refractivity contribution in [2.45, 2.75) is 63.2 Å². The number of rotatable bonds is 7. The van der Waals surface area contributed by atoms with E-state index in [4.69, 9.17) is 11.6 Å². The minimum Gasteiger partial charge on any atom is -0.355 e. The Balaban J connectivity index is 1.34. The van der Waals surface area contributed by atoms with Crippen molar-refractivity contribution in [3.05, 3.63) is 39.8 Å². The number of nitrogens with one attached hydrogen (secondary N) is 1. The summed E-state index contributed by atoms with van der Waals surface area (Å²) < 4.78 is 0. The quantitative estimate of drug-likeness (QED) is 0.441. The van der Waals surface area contributed by atoms with Gasteiger partial charge in [-0.1, -0.05) is 43.5 Å². The van der Waals surface area contributed by atoms with Gasteiger partial charge in [0.25, 0.3) is 5.91 Å². The van der Waals surface area contributed by atoms with Crippen LogP contribution in [0.15, 0.2) is 29.2 Å². The molecule has 3 aliphatic rings. The van der Waals surface area contributed by atoms with E-state index in [2.05, 4.69) is 17.1 Å². The zero-order valence-electron chi connectivity index (χ0n) is 19.6. The van der Waals surface area contributed by atoms with Crippen LogP contribution in [0.2, 0.25) is 5.02 Å². The number of fused-ring (bicyclic) bond motifs is 1. The summed E-state index contributed by atoms with van der Waals surface area (Å²) in [7, 11) is 0. The van der Waals surface area contributed by atoms with E-state index in [1.54, 1.807) is 11.8 Å². The normalized spacial score (nSPS) is 27.5. The number of piperidine rings is 1. The number of nitrogens with zero attached hydrogens (tertiary/aromatic N) is 2. The van der Waals surface area contributed by atoms with E-state index in [0.717, 1.165) is 48.6 Å². The number of halogens is 1. The van der Waals surface area contributed by atoms with E-state index in [1.165, 1.54) is 32.4 Å². The van der Waals surface area contributed by atoms with Gasteiger partial charge in [0.2, 0.25) is 5.91 Å². The van der Waals surface area contributed by atoms with Gasteiger partial charge in [0.05, 0.1) is 4.91 Å². The molecule has 1 aromatic carbocycles. The van der Waals surface area contributed by atoms with Crippen LogP contribution in [0.3, 0.4) is 0 Å². The number of hydrogen-bond donors (Lipinski definition) is 1. The smallest absolute Gasteiger partial charge is 0.261 e. The average molecular weight is 490 g/mol. The molecule has 0 spiro atoms. The summed E-state index contributed by atoms with van der Waals surface area (Å²) in [6.07, 6.45) is 9.88. The van der Waals surface area contributed by atoms with Gasteiger partial charge in [-0.3, -0.25) is 9.59 Å². The van der Waals surface area contributed by atoms with Gasteiger partial charge in [-0.05, 0) is 74.9 Å². The molecule has 5 nitrogen and oxygen atoms in total. The number of benzene rings is 1. The van der Waals surface area contributed by atoms with Gasteiger partial charge < -0.3 is 15.1 Å². The molecule has 1 aromatic rings. The Morgan fingerprint density at radius 3 is 2.76 bits per heavy atom. The van der Waals surface area contributed by atoms with Gasteiger partial charge in [0.15, 0.2) is 0 Å². The van der Waals surface area contributed by atoms with Crippen LogP contribution in [0.25, 0.3) is 6.08 Å². The second kappa shape index (κ2) is 11.8. The molecule has 2 heterocycles. The molecule has 3 atom stereocenters. The Kier molecular flexibility index (Phi) is 8.78. The first kappa shape index (κ1) is 24.6. The lowest BCUT2D eigenvalue weighted by Crippen LogP contribution is -2.54. The first-order valence-corrected chi connectivity index (χ1v) is 13.7. The van der Waals surface area contributed by atoms with Crippen LogP contribution in [0.1, 0.15) is 57.4 Å². The SMILES string of the molecule is CC1CCCN(CCCNC(=O)CN2C(=O)/C(=C\c3ccc(Cl)cc3)SC3CCCCC32)C1. The van der Waals surface area contributed by atoms with Crippen molar-refractivity contribution in [1.82, 2.24) is 15.1 Å². The van der Waals surface area contributed by atoms with E-state index in [-0.39, 0.29) is 24.4 Å². The Bertz CT molecular complexity index is 860. The van der Waals surface area contributed by atoms with Crippen molar-refractivity contribution < 1.29 is 9.59 Å². The Morgan fingerprint density at radius 1 is 1.18 bits per heavy atom. The number of carbonyl (C=O) groups is 2. The fraction of sp³-hybridized carbons (Fsp3) is 0.615. The minimum atomic E-state index is -0.0440. The number of hydrogen-bond acceptors (Lipinski definition) is 4. The summed E-state index contributed by atoms with van der Waals surface area (Å²) in [5.41, 5.74) is 0.959. The third-order valence-electron chi connectivity index (χ3n) is 7.01. The fourth-order valence-electron chi connectivity index (χ4n) is 5.30. The molecule has 2 aliphatic heterocycles. The van der Waals surface area contributed by atoms with E-state index >= 15 is 0 Å².